The topological polar surface area (TPSA) is 117 Å². The summed E-state index contributed by atoms with van der Waals surface area (Å²) in [5.74, 6) is -1.36. The van der Waals surface area contributed by atoms with Crippen molar-refractivity contribution in [1.29, 1.82) is 0 Å². The van der Waals surface area contributed by atoms with Crippen molar-refractivity contribution in [2.45, 2.75) is 92.0 Å². The minimum atomic E-state index is -0.837. The minimum absolute atomic E-state index is 0.0907. The molecule has 0 radical (unpaired) electrons. The van der Waals surface area contributed by atoms with Crippen molar-refractivity contribution in [2.24, 2.45) is 17.8 Å². The lowest BCUT2D eigenvalue weighted by molar-refractivity contribution is -0.135. The van der Waals surface area contributed by atoms with Gasteiger partial charge in [0.2, 0.25) is 17.7 Å². The van der Waals surface area contributed by atoms with Gasteiger partial charge in [-0.15, -0.1) is 0 Å². The van der Waals surface area contributed by atoms with E-state index in [1.54, 1.807) is 6.92 Å². The molecule has 8 heteroatoms. The number of rotatable bonds is 12. The molecule has 0 spiro atoms. The van der Waals surface area contributed by atoms with E-state index in [2.05, 4.69) is 16.0 Å². The van der Waals surface area contributed by atoms with Gasteiger partial charge in [-0.05, 0) is 31.1 Å². The van der Waals surface area contributed by atoms with E-state index in [1.807, 2.05) is 41.5 Å². The van der Waals surface area contributed by atoms with Crippen LogP contribution < -0.4 is 16.0 Å². The molecule has 0 aromatic heterocycles. The summed E-state index contributed by atoms with van der Waals surface area (Å²) in [5, 5.41) is 8.29. The Morgan fingerprint density at radius 2 is 1.47 bits per heavy atom. The number of hydrogen-bond donors (Lipinski definition) is 3. The maximum Gasteiger partial charge on any atom is 0.243 e. The average molecular weight is 426 g/mol. The standard InChI is InChI=1S/C22H39N3O5/c1-9-14(6)18(23-15(7)26)21(29)25-17(13(4)5)20(28)24-16(10-12(2)3)19(27)22(8)11-30-22/h12-14,16-18H,9-11H2,1-8H3,(H,23,26)(H,24,28)(H,25,29)/t14-,16-,17-,18-,22?/m0/s1. The highest BCUT2D eigenvalue weighted by Crippen LogP contribution is 2.29. The van der Waals surface area contributed by atoms with E-state index in [-0.39, 0.29) is 29.4 Å². The fraction of sp³-hybridized carbons (Fsp3) is 0.818. The molecule has 1 aliphatic heterocycles. The van der Waals surface area contributed by atoms with Gasteiger partial charge in [0.25, 0.3) is 0 Å². The number of Topliss-reactive ketones (excluding diaryl/α,β-unsaturated/α-hetero) is 1. The molecule has 1 heterocycles. The molecule has 5 atom stereocenters. The third-order valence-electron chi connectivity index (χ3n) is 5.54. The van der Waals surface area contributed by atoms with E-state index in [9.17, 15) is 19.2 Å². The van der Waals surface area contributed by atoms with Gasteiger partial charge in [0.1, 0.15) is 17.7 Å². The van der Waals surface area contributed by atoms with E-state index in [4.69, 9.17) is 4.74 Å². The first-order valence-electron chi connectivity index (χ1n) is 10.9. The fourth-order valence-corrected chi connectivity index (χ4v) is 3.28. The zero-order valence-electron chi connectivity index (χ0n) is 19.6. The first-order chi connectivity index (χ1) is 13.8. The molecule has 1 fully saturated rings. The highest BCUT2D eigenvalue weighted by atomic mass is 16.6. The van der Waals surface area contributed by atoms with Gasteiger partial charge in [-0.25, -0.2) is 0 Å². The summed E-state index contributed by atoms with van der Waals surface area (Å²) >= 11 is 0. The molecule has 0 aliphatic carbocycles. The van der Waals surface area contributed by atoms with E-state index in [0.29, 0.717) is 19.4 Å². The van der Waals surface area contributed by atoms with Crippen molar-refractivity contribution in [2.75, 3.05) is 6.61 Å². The molecule has 0 bridgehead atoms. The van der Waals surface area contributed by atoms with Crippen molar-refractivity contribution >= 4 is 23.5 Å². The maximum absolute atomic E-state index is 13.0. The zero-order chi connectivity index (χ0) is 23.2. The number of carbonyl (C=O) groups is 4. The van der Waals surface area contributed by atoms with Crippen molar-refractivity contribution in [3.05, 3.63) is 0 Å². The van der Waals surface area contributed by atoms with Crippen molar-refractivity contribution in [1.82, 2.24) is 16.0 Å². The number of ketones is 1. The second-order valence-corrected chi connectivity index (χ2v) is 9.37. The molecular weight excluding hydrogens is 386 g/mol. The maximum atomic E-state index is 13.0. The SMILES string of the molecule is CC[C@H](C)[C@H](NC(C)=O)C(=O)N[C@H](C(=O)N[C@@H](CC(C)C)C(=O)C1(C)CO1)C(C)C. The van der Waals surface area contributed by atoms with Crippen LogP contribution in [0.4, 0.5) is 0 Å². The lowest BCUT2D eigenvalue weighted by atomic mass is 9.92. The number of epoxide rings is 1. The minimum Gasteiger partial charge on any atom is -0.361 e. The van der Waals surface area contributed by atoms with Crippen LogP contribution in [0.25, 0.3) is 0 Å². The zero-order valence-corrected chi connectivity index (χ0v) is 19.6. The largest absolute Gasteiger partial charge is 0.361 e. The fourth-order valence-electron chi connectivity index (χ4n) is 3.28. The summed E-state index contributed by atoms with van der Waals surface area (Å²) in [4.78, 5) is 50.2. The molecule has 172 valence electrons. The molecule has 1 saturated heterocycles. The van der Waals surface area contributed by atoms with Crippen LogP contribution in [0.15, 0.2) is 0 Å². The van der Waals surface area contributed by atoms with Gasteiger partial charge in [0, 0.05) is 6.92 Å². The average Bonchev–Trinajstić information content (AvgIpc) is 3.39. The second kappa shape index (κ2) is 10.9. The monoisotopic (exact) mass is 425 g/mol. The Labute approximate surface area is 180 Å². The summed E-state index contributed by atoms with van der Waals surface area (Å²) in [5.41, 5.74) is -0.837. The Morgan fingerprint density at radius 3 is 1.87 bits per heavy atom. The first-order valence-corrected chi connectivity index (χ1v) is 10.9. The summed E-state index contributed by atoms with van der Waals surface area (Å²) in [6, 6.07) is -2.23. The Kier molecular flexibility index (Phi) is 9.46. The molecule has 3 amide bonds. The quantitative estimate of drug-likeness (QED) is 0.410. The lowest BCUT2D eigenvalue weighted by Crippen LogP contribution is -2.59. The van der Waals surface area contributed by atoms with E-state index >= 15 is 0 Å². The van der Waals surface area contributed by atoms with Crippen LogP contribution in [0.2, 0.25) is 0 Å². The van der Waals surface area contributed by atoms with Gasteiger partial charge < -0.3 is 20.7 Å². The predicted molar refractivity (Wildman–Crippen MR) is 115 cm³/mol. The van der Waals surface area contributed by atoms with Crippen LogP contribution in [0.1, 0.15) is 68.2 Å². The summed E-state index contributed by atoms with van der Waals surface area (Å²) in [6.45, 7) is 14.9. The Bertz CT molecular complexity index is 643. The first kappa shape index (κ1) is 26.1. The van der Waals surface area contributed by atoms with E-state index < -0.39 is 35.5 Å². The number of nitrogens with one attached hydrogen (secondary N) is 3. The normalized spacial score (nSPS) is 22.1. The second-order valence-electron chi connectivity index (χ2n) is 9.37. The van der Waals surface area contributed by atoms with Crippen molar-refractivity contribution in [3.63, 3.8) is 0 Å². The Morgan fingerprint density at radius 1 is 0.933 bits per heavy atom. The molecule has 0 aromatic carbocycles. The predicted octanol–water partition coefficient (Wildman–Crippen LogP) is 1.57. The molecule has 0 saturated carbocycles. The van der Waals surface area contributed by atoms with Crippen LogP contribution >= 0.6 is 0 Å². The number of carbonyl (C=O) groups excluding carboxylic acids is 4. The molecule has 8 nitrogen and oxygen atoms in total. The molecule has 3 N–H and O–H groups in total. The van der Waals surface area contributed by atoms with E-state index in [1.165, 1.54) is 6.92 Å². The van der Waals surface area contributed by atoms with Crippen molar-refractivity contribution in [3.8, 4) is 0 Å². The molecule has 30 heavy (non-hydrogen) atoms. The lowest BCUT2D eigenvalue weighted by Gasteiger charge is -2.29. The summed E-state index contributed by atoms with van der Waals surface area (Å²) < 4.78 is 5.27. The van der Waals surface area contributed by atoms with Gasteiger partial charge in [0.05, 0.1) is 12.6 Å². The molecule has 1 rings (SSSR count). The molecule has 1 aliphatic rings. The van der Waals surface area contributed by atoms with Crippen LogP contribution in [-0.4, -0.2) is 53.8 Å². The van der Waals surface area contributed by atoms with Gasteiger partial charge >= 0.3 is 0 Å². The summed E-state index contributed by atoms with van der Waals surface area (Å²) in [6.07, 6.45) is 1.18. The van der Waals surface area contributed by atoms with Crippen LogP contribution in [0.5, 0.6) is 0 Å². The van der Waals surface area contributed by atoms with Gasteiger partial charge in [-0.1, -0.05) is 48.0 Å². The van der Waals surface area contributed by atoms with Gasteiger partial charge in [-0.2, -0.15) is 0 Å². The molecular formula is C22H39N3O5. The number of ether oxygens (including phenoxy) is 1. The smallest absolute Gasteiger partial charge is 0.243 e. The van der Waals surface area contributed by atoms with Crippen molar-refractivity contribution < 1.29 is 23.9 Å². The number of amides is 3. The third kappa shape index (κ3) is 7.38. The van der Waals surface area contributed by atoms with Gasteiger partial charge in [0.15, 0.2) is 5.78 Å². The summed E-state index contributed by atoms with van der Waals surface area (Å²) in [7, 11) is 0. The third-order valence-corrected chi connectivity index (χ3v) is 5.54. The van der Waals surface area contributed by atoms with Crippen LogP contribution in [0, 0.1) is 17.8 Å². The van der Waals surface area contributed by atoms with E-state index in [0.717, 1.165) is 0 Å². The van der Waals surface area contributed by atoms with Gasteiger partial charge in [-0.3, -0.25) is 19.2 Å². The Balaban J connectivity index is 2.95. The van der Waals surface area contributed by atoms with Crippen LogP contribution in [-0.2, 0) is 23.9 Å². The number of hydrogen-bond acceptors (Lipinski definition) is 5. The van der Waals surface area contributed by atoms with Crippen LogP contribution in [0.3, 0.4) is 0 Å². The molecule has 1 unspecified atom stereocenters. The highest BCUT2D eigenvalue weighted by Gasteiger charge is 2.50. The molecule has 0 aromatic rings. The highest BCUT2D eigenvalue weighted by molar-refractivity contribution is 5.98. The Hall–Kier alpha value is -1.96.